The molecule has 5 heteroatoms. The molecule has 0 saturated heterocycles. The van der Waals surface area contributed by atoms with E-state index in [0.717, 1.165) is 30.0 Å². The molecule has 0 radical (unpaired) electrons. The summed E-state index contributed by atoms with van der Waals surface area (Å²) in [6, 6.07) is 10.2. The van der Waals surface area contributed by atoms with Crippen LogP contribution >= 0.6 is 0 Å². The molecule has 3 N–H and O–H groups in total. The quantitative estimate of drug-likeness (QED) is 0.574. The van der Waals surface area contributed by atoms with Crippen LogP contribution in [0.3, 0.4) is 0 Å². The van der Waals surface area contributed by atoms with Gasteiger partial charge in [0.1, 0.15) is 6.54 Å². The summed E-state index contributed by atoms with van der Waals surface area (Å²) in [5.41, 5.74) is 9.18. The number of guanidine groups is 1. The van der Waals surface area contributed by atoms with Crippen molar-refractivity contribution in [2.24, 2.45) is 10.7 Å². The maximum Gasteiger partial charge on any atom is 0.193 e. The summed E-state index contributed by atoms with van der Waals surface area (Å²) in [7, 11) is 0. The first kappa shape index (κ1) is 18.0. The lowest BCUT2D eigenvalue weighted by atomic mass is 9.99. The van der Waals surface area contributed by atoms with Gasteiger partial charge in [0.15, 0.2) is 11.7 Å². The highest BCUT2D eigenvalue weighted by molar-refractivity contribution is 5.92. The van der Waals surface area contributed by atoms with E-state index in [4.69, 9.17) is 10.3 Å². The molecule has 0 amide bonds. The van der Waals surface area contributed by atoms with Gasteiger partial charge in [0.25, 0.3) is 0 Å². The molecule has 0 bridgehead atoms. The van der Waals surface area contributed by atoms with Gasteiger partial charge in [-0.15, -0.1) is 0 Å². The summed E-state index contributed by atoms with van der Waals surface area (Å²) in [5.74, 6) is 2.03. The second-order valence-corrected chi connectivity index (χ2v) is 6.34. The van der Waals surface area contributed by atoms with Crippen molar-refractivity contribution in [2.45, 2.75) is 58.9 Å². The van der Waals surface area contributed by atoms with Crippen molar-refractivity contribution in [1.82, 2.24) is 5.16 Å². The zero-order valence-electron chi connectivity index (χ0n) is 15.0. The average molecular weight is 328 g/mol. The lowest BCUT2D eigenvalue weighted by Crippen LogP contribution is -2.22. The molecule has 1 heterocycles. The van der Waals surface area contributed by atoms with E-state index < -0.39 is 0 Å². The minimum Gasteiger partial charge on any atom is -0.370 e. The SMILES string of the molecule is CCC(CC)c1cc(CN=C(N)Nc2cccc(C(C)C)c2)on1. The summed E-state index contributed by atoms with van der Waals surface area (Å²) in [6.45, 7) is 9.04. The molecule has 24 heavy (non-hydrogen) atoms. The number of benzene rings is 1. The monoisotopic (exact) mass is 328 g/mol. The van der Waals surface area contributed by atoms with Gasteiger partial charge in [-0.25, -0.2) is 4.99 Å². The highest BCUT2D eigenvalue weighted by Gasteiger charge is 2.12. The van der Waals surface area contributed by atoms with Crippen molar-refractivity contribution < 1.29 is 4.52 Å². The Bertz CT molecular complexity index is 672. The maximum atomic E-state index is 5.98. The Balaban J connectivity index is 1.98. The predicted octanol–water partition coefficient (Wildman–Crippen LogP) is 4.63. The van der Waals surface area contributed by atoms with E-state index in [1.807, 2.05) is 18.2 Å². The lowest BCUT2D eigenvalue weighted by Gasteiger charge is -2.09. The van der Waals surface area contributed by atoms with Crippen molar-refractivity contribution in [3.05, 3.63) is 47.3 Å². The molecule has 0 fully saturated rings. The first-order valence-corrected chi connectivity index (χ1v) is 8.65. The molecule has 0 aliphatic carbocycles. The van der Waals surface area contributed by atoms with Crippen LogP contribution in [0.2, 0.25) is 0 Å². The molecular weight excluding hydrogens is 300 g/mol. The van der Waals surface area contributed by atoms with Gasteiger partial charge in [-0.1, -0.05) is 45.0 Å². The van der Waals surface area contributed by atoms with Crippen LogP contribution in [0, 0.1) is 0 Å². The number of hydrogen-bond donors (Lipinski definition) is 2. The summed E-state index contributed by atoms with van der Waals surface area (Å²) >= 11 is 0. The van der Waals surface area contributed by atoms with E-state index in [9.17, 15) is 0 Å². The van der Waals surface area contributed by atoms with Gasteiger partial charge in [-0.2, -0.15) is 0 Å². The van der Waals surface area contributed by atoms with Gasteiger partial charge in [0.2, 0.25) is 0 Å². The van der Waals surface area contributed by atoms with E-state index in [2.05, 4.69) is 55.3 Å². The highest BCUT2D eigenvalue weighted by Crippen LogP contribution is 2.22. The Morgan fingerprint density at radius 2 is 2.00 bits per heavy atom. The fourth-order valence-electron chi connectivity index (χ4n) is 2.63. The Morgan fingerprint density at radius 1 is 1.25 bits per heavy atom. The third kappa shape index (κ3) is 4.85. The average Bonchev–Trinajstić information content (AvgIpc) is 3.03. The number of nitrogens with one attached hydrogen (secondary N) is 1. The van der Waals surface area contributed by atoms with Crippen LogP contribution in [-0.2, 0) is 6.54 Å². The first-order valence-electron chi connectivity index (χ1n) is 8.65. The van der Waals surface area contributed by atoms with Crippen molar-refractivity contribution in [3.8, 4) is 0 Å². The molecule has 1 aromatic heterocycles. The molecule has 1 aromatic carbocycles. The molecular formula is C19H28N4O. The van der Waals surface area contributed by atoms with Crippen LogP contribution in [0.25, 0.3) is 0 Å². The van der Waals surface area contributed by atoms with E-state index in [1.54, 1.807) is 0 Å². The summed E-state index contributed by atoms with van der Waals surface area (Å²) in [4.78, 5) is 4.34. The van der Waals surface area contributed by atoms with Gasteiger partial charge >= 0.3 is 0 Å². The Kier molecular flexibility index (Phi) is 6.41. The number of aromatic nitrogens is 1. The molecule has 0 unspecified atom stereocenters. The summed E-state index contributed by atoms with van der Waals surface area (Å²) in [5, 5.41) is 7.27. The van der Waals surface area contributed by atoms with Crippen LogP contribution in [0.15, 0.2) is 39.8 Å². The number of aliphatic imine (C=N–C) groups is 1. The number of anilines is 1. The van der Waals surface area contributed by atoms with Crippen molar-refractivity contribution in [3.63, 3.8) is 0 Å². The van der Waals surface area contributed by atoms with Crippen LogP contribution in [0.4, 0.5) is 5.69 Å². The van der Waals surface area contributed by atoms with Gasteiger partial charge in [0, 0.05) is 17.7 Å². The number of nitrogens with two attached hydrogens (primary N) is 1. The second-order valence-electron chi connectivity index (χ2n) is 6.34. The second kappa shape index (κ2) is 8.52. The van der Waals surface area contributed by atoms with Gasteiger partial charge in [-0.3, -0.25) is 0 Å². The van der Waals surface area contributed by atoms with Crippen LogP contribution < -0.4 is 11.1 Å². The third-order valence-corrected chi connectivity index (χ3v) is 4.21. The normalized spacial score (nSPS) is 12.2. The molecule has 0 spiro atoms. The van der Waals surface area contributed by atoms with Crippen molar-refractivity contribution in [2.75, 3.05) is 5.32 Å². The van der Waals surface area contributed by atoms with Gasteiger partial charge in [0.05, 0.1) is 5.69 Å². The molecule has 2 aromatic rings. The Hall–Kier alpha value is -2.30. The zero-order chi connectivity index (χ0) is 17.5. The van der Waals surface area contributed by atoms with Gasteiger partial charge < -0.3 is 15.6 Å². The molecule has 0 atom stereocenters. The first-order chi connectivity index (χ1) is 11.5. The molecule has 0 aliphatic rings. The molecule has 130 valence electrons. The topological polar surface area (TPSA) is 76.4 Å². The summed E-state index contributed by atoms with van der Waals surface area (Å²) < 4.78 is 5.36. The minimum absolute atomic E-state index is 0.372. The van der Waals surface area contributed by atoms with Crippen LogP contribution in [0.1, 0.15) is 69.4 Å². The van der Waals surface area contributed by atoms with Crippen LogP contribution in [-0.4, -0.2) is 11.1 Å². The molecule has 0 saturated carbocycles. The fraction of sp³-hybridized carbons (Fsp3) is 0.474. The van der Waals surface area contributed by atoms with E-state index >= 15 is 0 Å². The van der Waals surface area contributed by atoms with E-state index in [-0.39, 0.29) is 0 Å². The van der Waals surface area contributed by atoms with E-state index in [1.165, 1.54) is 5.56 Å². The smallest absolute Gasteiger partial charge is 0.193 e. The third-order valence-electron chi connectivity index (χ3n) is 4.21. The maximum absolute atomic E-state index is 5.98. The number of nitrogens with zero attached hydrogens (tertiary/aromatic N) is 2. The zero-order valence-corrected chi connectivity index (χ0v) is 15.0. The molecule has 0 aliphatic heterocycles. The largest absolute Gasteiger partial charge is 0.370 e. The number of hydrogen-bond acceptors (Lipinski definition) is 3. The fourth-order valence-corrected chi connectivity index (χ4v) is 2.63. The number of rotatable bonds is 7. The molecule has 2 rings (SSSR count). The van der Waals surface area contributed by atoms with E-state index in [0.29, 0.717) is 24.3 Å². The van der Waals surface area contributed by atoms with Crippen molar-refractivity contribution in [1.29, 1.82) is 0 Å². The molecule has 5 nitrogen and oxygen atoms in total. The minimum atomic E-state index is 0.372. The lowest BCUT2D eigenvalue weighted by molar-refractivity contribution is 0.372. The standard InChI is InChI=1S/C19H28N4O/c1-5-14(6-2)18-11-17(24-23-18)12-21-19(20)22-16-9-7-8-15(10-16)13(3)4/h7-11,13-14H,5-6,12H2,1-4H3,(H3,20,21,22). The summed E-state index contributed by atoms with van der Waals surface area (Å²) in [6.07, 6.45) is 2.11. The highest BCUT2D eigenvalue weighted by atomic mass is 16.5. The van der Waals surface area contributed by atoms with Gasteiger partial charge in [-0.05, 0) is 36.5 Å². The predicted molar refractivity (Wildman–Crippen MR) is 99.3 cm³/mol. The van der Waals surface area contributed by atoms with Crippen molar-refractivity contribution >= 4 is 11.6 Å². The Morgan fingerprint density at radius 3 is 2.67 bits per heavy atom. The van der Waals surface area contributed by atoms with Crippen LogP contribution in [0.5, 0.6) is 0 Å². The Labute approximate surface area is 144 Å².